The zero-order valence-electron chi connectivity index (χ0n) is 11.6. The standard InChI is InChI=1S/C16H16N2O3/c1-11-7-8-13(10-17-11)15(19)18-14(16(20)21)9-12-5-3-2-4-6-12/h2-8,10,14H,9H2,1H3,(H,18,19)(H,20,21)/t14-/m1/s1. The van der Waals surface area contributed by atoms with Gasteiger partial charge in [0, 0.05) is 18.3 Å². The van der Waals surface area contributed by atoms with Gasteiger partial charge in [0.1, 0.15) is 6.04 Å². The Labute approximate surface area is 122 Å². The Balaban J connectivity index is 2.07. The minimum absolute atomic E-state index is 0.237. The SMILES string of the molecule is Cc1ccc(C(=O)N[C@H](Cc2ccccc2)C(=O)O)cn1. The Morgan fingerprint density at radius 1 is 1.19 bits per heavy atom. The first-order valence-corrected chi connectivity index (χ1v) is 6.56. The summed E-state index contributed by atoms with van der Waals surface area (Å²) in [5, 5.41) is 11.8. The Bertz CT molecular complexity index is 624. The van der Waals surface area contributed by atoms with Crippen LogP contribution in [0.25, 0.3) is 0 Å². The fraction of sp³-hybridized carbons (Fsp3) is 0.188. The van der Waals surface area contributed by atoms with Gasteiger partial charge in [-0.1, -0.05) is 30.3 Å². The van der Waals surface area contributed by atoms with Gasteiger partial charge in [0.15, 0.2) is 0 Å². The second-order valence-electron chi connectivity index (χ2n) is 4.74. The molecule has 0 fully saturated rings. The maximum Gasteiger partial charge on any atom is 0.326 e. The number of aryl methyl sites for hydroxylation is 1. The second kappa shape index (κ2) is 6.65. The predicted molar refractivity (Wildman–Crippen MR) is 78.0 cm³/mol. The van der Waals surface area contributed by atoms with Crippen molar-refractivity contribution in [3.63, 3.8) is 0 Å². The molecule has 0 aliphatic rings. The molecule has 1 heterocycles. The summed E-state index contributed by atoms with van der Waals surface area (Å²) >= 11 is 0. The number of hydrogen-bond acceptors (Lipinski definition) is 3. The van der Waals surface area contributed by atoms with E-state index < -0.39 is 17.9 Å². The van der Waals surface area contributed by atoms with E-state index >= 15 is 0 Å². The number of carbonyl (C=O) groups excluding carboxylic acids is 1. The second-order valence-corrected chi connectivity index (χ2v) is 4.74. The van der Waals surface area contributed by atoms with Gasteiger partial charge in [-0.3, -0.25) is 9.78 Å². The predicted octanol–water partition coefficient (Wildman–Crippen LogP) is 1.82. The number of nitrogens with zero attached hydrogens (tertiary/aromatic N) is 1. The first-order chi connectivity index (χ1) is 10.1. The van der Waals surface area contributed by atoms with E-state index in [0.29, 0.717) is 5.56 Å². The maximum atomic E-state index is 12.0. The van der Waals surface area contributed by atoms with E-state index in [1.165, 1.54) is 6.20 Å². The monoisotopic (exact) mass is 284 g/mol. The van der Waals surface area contributed by atoms with Crippen LogP contribution in [0.3, 0.4) is 0 Å². The van der Waals surface area contributed by atoms with E-state index in [1.54, 1.807) is 12.1 Å². The smallest absolute Gasteiger partial charge is 0.326 e. The van der Waals surface area contributed by atoms with Crippen LogP contribution in [0, 0.1) is 6.92 Å². The summed E-state index contributed by atoms with van der Waals surface area (Å²) in [6.45, 7) is 1.82. The van der Waals surface area contributed by atoms with Crippen molar-refractivity contribution in [2.75, 3.05) is 0 Å². The van der Waals surface area contributed by atoms with E-state index in [1.807, 2.05) is 37.3 Å². The molecule has 5 nitrogen and oxygen atoms in total. The van der Waals surface area contributed by atoms with Crippen LogP contribution in [0.4, 0.5) is 0 Å². The molecule has 1 aromatic carbocycles. The van der Waals surface area contributed by atoms with Crippen molar-refractivity contribution in [3.8, 4) is 0 Å². The van der Waals surface area contributed by atoms with Crippen molar-refractivity contribution in [2.45, 2.75) is 19.4 Å². The highest BCUT2D eigenvalue weighted by Crippen LogP contribution is 2.05. The number of carbonyl (C=O) groups is 2. The topological polar surface area (TPSA) is 79.3 Å². The molecule has 5 heteroatoms. The first kappa shape index (κ1) is 14.7. The molecule has 1 amide bonds. The number of aliphatic carboxylic acids is 1. The van der Waals surface area contributed by atoms with Gasteiger partial charge in [-0.25, -0.2) is 4.79 Å². The fourth-order valence-electron chi connectivity index (χ4n) is 1.89. The zero-order chi connectivity index (χ0) is 15.2. The fourth-order valence-corrected chi connectivity index (χ4v) is 1.89. The molecule has 0 saturated carbocycles. The highest BCUT2D eigenvalue weighted by molar-refractivity contribution is 5.96. The van der Waals surface area contributed by atoms with E-state index in [9.17, 15) is 14.7 Å². The van der Waals surface area contributed by atoms with E-state index in [-0.39, 0.29) is 6.42 Å². The summed E-state index contributed by atoms with van der Waals surface area (Å²) in [5.74, 6) is -1.50. The van der Waals surface area contributed by atoms with Crippen LogP contribution < -0.4 is 5.32 Å². The molecule has 1 aromatic heterocycles. The minimum Gasteiger partial charge on any atom is -0.480 e. The lowest BCUT2D eigenvalue weighted by atomic mass is 10.1. The number of amides is 1. The van der Waals surface area contributed by atoms with Crippen LogP contribution in [0.2, 0.25) is 0 Å². The van der Waals surface area contributed by atoms with Crippen molar-refractivity contribution >= 4 is 11.9 Å². The Hall–Kier alpha value is -2.69. The molecular weight excluding hydrogens is 268 g/mol. The van der Waals surface area contributed by atoms with Crippen LogP contribution in [-0.4, -0.2) is 28.0 Å². The quantitative estimate of drug-likeness (QED) is 0.877. The van der Waals surface area contributed by atoms with Crippen LogP contribution in [-0.2, 0) is 11.2 Å². The summed E-state index contributed by atoms with van der Waals surface area (Å²) < 4.78 is 0. The van der Waals surface area contributed by atoms with Gasteiger partial charge in [0.05, 0.1) is 5.56 Å². The van der Waals surface area contributed by atoms with Crippen molar-refractivity contribution < 1.29 is 14.7 Å². The number of hydrogen-bond donors (Lipinski definition) is 2. The zero-order valence-corrected chi connectivity index (χ0v) is 11.6. The number of benzene rings is 1. The lowest BCUT2D eigenvalue weighted by Crippen LogP contribution is -2.42. The third kappa shape index (κ3) is 4.14. The largest absolute Gasteiger partial charge is 0.480 e. The molecule has 0 bridgehead atoms. The molecule has 0 spiro atoms. The van der Waals surface area contributed by atoms with Gasteiger partial charge >= 0.3 is 5.97 Å². The van der Waals surface area contributed by atoms with Crippen LogP contribution in [0.15, 0.2) is 48.7 Å². The third-order valence-electron chi connectivity index (χ3n) is 3.06. The molecule has 0 radical (unpaired) electrons. The van der Waals surface area contributed by atoms with Gasteiger partial charge in [0.2, 0.25) is 0 Å². The third-order valence-corrected chi connectivity index (χ3v) is 3.06. The number of rotatable bonds is 5. The molecule has 0 unspecified atom stereocenters. The molecule has 0 saturated heterocycles. The lowest BCUT2D eigenvalue weighted by Gasteiger charge is -2.14. The molecular formula is C16H16N2O3. The first-order valence-electron chi connectivity index (χ1n) is 6.56. The van der Waals surface area contributed by atoms with Gasteiger partial charge < -0.3 is 10.4 Å². The number of carboxylic acid groups (broad SMARTS) is 1. The Morgan fingerprint density at radius 3 is 2.48 bits per heavy atom. The molecule has 2 rings (SSSR count). The number of carboxylic acids is 1. The van der Waals surface area contributed by atoms with Crippen LogP contribution in [0.5, 0.6) is 0 Å². The van der Waals surface area contributed by atoms with Crippen molar-refractivity contribution in [3.05, 3.63) is 65.5 Å². The molecule has 108 valence electrons. The number of pyridine rings is 1. The minimum atomic E-state index is -1.06. The molecule has 1 atom stereocenters. The lowest BCUT2D eigenvalue weighted by molar-refractivity contribution is -0.139. The van der Waals surface area contributed by atoms with Gasteiger partial charge in [0.25, 0.3) is 5.91 Å². The van der Waals surface area contributed by atoms with Gasteiger partial charge in [-0.05, 0) is 24.6 Å². The maximum absolute atomic E-state index is 12.0. The molecule has 2 N–H and O–H groups in total. The average Bonchev–Trinajstić information content (AvgIpc) is 2.48. The van der Waals surface area contributed by atoms with Crippen LogP contribution >= 0.6 is 0 Å². The van der Waals surface area contributed by atoms with E-state index in [2.05, 4.69) is 10.3 Å². The summed E-state index contributed by atoms with van der Waals surface area (Å²) in [6, 6.07) is 11.5. The summed E-state index contributed by atoms with van der Waals surface area (Å²) in [4.78, 5) is 27.4. The van der Waals surface area contributed by atoms with E-state index in [0.717, 1.165) is 11.3 Å². The molecule has 2 aromatic rings. The number of nitrogens with one attached hydrogen (secondary N) is 1. The Morgan fingerprint density at radius 2 is 1.90 bits per heavy atom. The van der Waals surface area contributed by atoms with Crippen molar-refractivity contribution in [1.82, 2.24) is 10.3 Å². The summed E-state index contributed by atoms with van der Waals surface area (Å²) in [7, 11) is 0. The van der Waals surface area contributed by atoms with Gasteiger partial charge in [-0.2, -0.15) is 0 Å². The summed E-state index contributed by atoms with van der Waals surface area (Å²) in [6.07, 6.45) is 1.67. The highest BCUT2D eigenvalue weighted by atomic mass is 16.4. The van der Waals surface area contributed by atoms with Gasteiger partial charge in [-0.15, -0.1) is 0 Å². The molecule has 21 heavy (non-hydrogen) atoms. The summed E-state index contributed by atoms with van der Waals surface area (Å²) in [5.41, 5.74) is 2.00. The van der Waals surface area contributed by atoms with Crippen molar-refractivity contribution in [1.29, 1.82) is 0 Å². The van der Waals surface area contributed by atoms with E-state index in [4.69, 9.17) is 0 Å². The number of aromatic nitrogens is 1. The molecule has 0 aliphatic carbocycles. The normalized spacial score (nSPS) is 11.7. The Kier molecular flexibility index (Phi) is 4.66. The van der Waals surface area contributed by atoms with Crippen LogP contribution in [0.1, 0.15) is 21.6 Å². The average molecular weight is 284 g/mol. The highest BCUT2D eigenvalue weighted by Gasteiger charge is 2.21. The van der Waals surface area contributed by atoms with Crippen molar-refractivity contribution in [2.24, 2.45) is 0 Å². The molecule has 0 aliphatic heterocycles.